The van der Waals surface area contributed by atoms with Crippen molar-refractivity contribution in [2.75, 3.05) is 13.1 Å². The molecule has 3 nitrogen and oxygen atoms in total. The standard InChI is InChI=1S/C14H16F3NO2/c1-8(19)9-2-4-18(5-3-9)14(20)13-11(16)6-10(15)7-12(13)17/h6-9,19H,2-5H2,1H3. The van der Waals surface area contributed by atoms with Gasteiger partial charge in [0.25, 0.3) is 5.91 Å². The fourth-order valence-electron chi connectivity index (χ4n) is 2.49. The van der Waals surface area contributed by atoms with Crippen LogP contribution in [0.4, 0.5) is 13.2 Å². The third-order valence-corrected chi connectivity index (χ3v) is 3.73. The summed E-state index contributed by atoms with van der Waals surface area (Å²) in [7, 11) is 0. The second kappa shape index (κ2) is 5.83. The largest absolute Gasteiger partial charge is 0.393 e. The number of aliphatic hydroxyl groups excluding tert-OH is 1. The Morgan fingerprint density at radius 3 is 2.20 bits per heavy atom. The summed E-state index contributed by atoms with van der Waals surface area (Å²) >= 11 is 0. The number of nitrogens with zero attached hydrogens (tertiary/aromatic N) is 1. The number of halogens is 3. The van der Waals surface area contributed by atoms with Gasteiger partial charge in [-0.1, -0.05) is 0 Å². The molecule has 0 spiro atoms. The summed E-state index contributed by atoms with van der Waals surface area (Å²) in [5.41, 5.74) is -0.720. The third kappa shape index (κ3) is 2.95. The summed E-state index contributed by atoms with van der Waals surface area (Å²) in [6, 6.07) is 0.998. The Bertz CT molecular complexity index is 488. The lowest BCUT2D eigenvalue weighted by molar-refractivity contribution is 0.0514. The van der Waals surface area contributed by atoms with Crippen LogP contribution in [0.1, 0.15) is 30.1 Å². The minimum absolute atomic E-state index is 0.0851. The van der Waals surface area contributed by atoms with Crippen molar-refractivity contribution in [2.45, 2.75) is 25.9 Å². The molecule has 1 aliphatic rings. The number of hydrogen-bond donors (Lipinski definition) is 1. The fourth-order valence-corrected chi connectivity index (χ4v) is 2.49. The molecule has 2 rings (SSSR count). The highest BCUT2D eigenvalue weighted by molar-refractivity contribution is 5.94. The van der Waals surface area contributed by atoms with E-state index in [2.05, 4.69) is 0 Å². The first-order valence-corrected chi connectivity index (χ1v) is 6.52. The lowest BCUT2D eigenvalue weighted by Gasteiger charge is -2.33. The summed E-state index contributed by atoms with van der Waals surface area (Å²) in [5, 5.41) is 9.47. The monoisotopic (exact) mass is 287 g/mol. The molecule has 1 aliphatic heterocycles. The molecule has 1 aromatic carbocycles. The Labute approximate surface area is 115 Å². The molecule has 1 heterocycles. The van der Waals surface area contributed by atoms with Crippen LogP contribution in [-0.4, -0.2) is 35.1 Å². The van der Waals surface area contributed by atoms with Crippen LogP contribution in [0.2, 0.25) is 0 Å². The molecule has 0 saturated carbocycles. The second-order valence-electron chi connectivity index (χ2n) is 5.11. The van der Waals surface area contributed by atoms with Crippen LogP contribution in [-0.2, 0) is 0 Å². The van der Waals surface area contributed by atoms with E-state index in [1.54, 1.807) is 6.92 Å². The van der Waals surface area contributed by atoms with Crippen LogP contribution in [0.3, 0.4) is 0 Å². The van der Waals surface area contributed by atoms with E-state index in [0.717, 1.165) is 0 Å². The van der Waals surface area contributed by atoms with Crippen LogP contribution in [0.25, 0.3) is 0 Å². The number of carbonyl (C=O) groups excluding carboxylic acids is 1. The van der Waals surface area contributed by atoms with Crippen molar-refractivity contribution in [2.24, 2.45) is 5.92 Å². The van der Waals surface area contributed by atoms with Gasteiger partial charge in [0.15, 0.2) is 0 Å². The van der Waals surface area contributed by atoms with Crippen molar-refractivity contribution in [3.05, 3.63) is 35.1 Å². The van der Waals surface area contributed by atoms with E-state index in [4.69, 9.17) is 0 Å². The first-order chi connectivity index (χ1) is 9.40. The molecule has 1 fully saturated rings. The minimum Gasteiger partial charge on any atom is -0.393 e. The fraction of sp³-hybridized carbons (Fsp3) is 0.500. The minimum atomic E-state index is -1.19. The smallest absolute Gasteiger partial charge is 0.259 e. The molecule has 1 aromatic rings. The van der Waals surface area contributed by atoms with Crippen molar-refractivity contribution in [3.8, 4) is 0 Å². The van der Waals surface area contributed by atoms with Crippen molar-refractivity contribution in [3.63, 3.8) is 0 Å². The highest BCUT2D eigenvalue weighted by Gasteiger charge is 2.29. The number of rotatable bonds is 2. The van der Waals surface area contributed by atoms with Crippen LogP contribution in [0.15, 0.2) is 12.1 Å². The number of amides is 1. The zero-order valence-electron chi connectivity index (χ0n) is 11.1. The van der Waals surface area contributed by atoms with E-state index in [0.29, 0.717) is 38.1 Å². The Hall–Kier alpha value is -1.56. The van der Waals surface area contributed by atoms with Gasteiger partial charge in [-0.25, -0.2) is 13.2 Å². The second-order valence-corrected chi connectivity index (χ2v) is 5.11. The maximum Gasteiger partial charge on any atom is 0.259 e. The molecule has 0 bridgehead atoms. The van der Waals surface area contributed by atoms with Crippen LogP contribution < -0.4 is 0 Å². The van der Waals surface area contributed by atoms with Gasteiger partial charge in [0.1, 0.15) is 23.0 Å². The van der Waals surface area contributed by atoms with Gasteiger partial charge in [-0.15, -0.1) is 0 Å². The van der Waals surface area contributed by atoms with Gasteiger partial charge in [0.2, 0.25) is 0 Å². The Balaban J connectivity index is 2.14. The summed E-state index contributed by atoms with van der Waals surface area (Å²) in [6.45, 7) is 2.33. The van der Waals surface area contributed by atoms with Gasteiger partial charge < -0.3 is 10.0 Å². The van der Waals surface area contributed by atoms with Crippen molar-refractivity contribution in [1.29, 1.82) is 0 Å². The average molecular weight is 287 g/mol. The predicted octanol–water partition coefficient (Wildman–Crippen LogP) is 2.34. The highest BCUT2D eigenvalue weighted by Crippen LogP contribution is 2.23. The Morgan fingerprint density at radius 2 is 1.75 bits per heavy atom. The topological polar surface area (TPSA) is 40.5 Å². The number of likely N-dealkylation sites (tertiary alicyclic amines) is 1. The Kier molecular flexibility index (Phi) is 4.32. The summed E-state index contributed by atoms with van der Waals surface area (Å²) in [6.07, 6.45) is 0.688. The van der Waals surface area contributed by atoms with Crippen molar-refractivity contribution >= 4 is 5.91 Å². The molecule has 0 aromatic heterocycles. The van der Waals surface area contributed by atoms with Crippen molar-refractivity contribution < 1.29 is 23.1 Å². The van der Waals surface area contributed by atoms with Gasteiger partial charge in [0.05, 0.1) is 6.10 Å². The third-order valence-electron chi connectivity index (χ3n) is 3.73. The van der Waals surface area contributed by atoms with Crippen LogP contribution >= 0.6 is 0 Å². The van der Waals surface area contributed by atoms with E-state index in [-0.39, 0.29) is 5.92 Å². The zero-order chi connectivity index (χ0) is 14.9. The average Bonchev–Trinajstić information content (AvgIpc) is 2.37. The number of hydrogen-bond acceptors (Lipinski definition) is 2. The molecular weight excluding hydrogens is 271 g/mol. The van der Waals surface area contributed by atoms with Crippen LogP contribution in [0.5, 0.6) is 0 Å². The molecule has 1 N–H and O–H groups in total. The normalized spacial score (nSPS) is 18.1. The molecule has 1 atom stereocenters. The van der Waals surface area contributed by atoms with Crippen LogP contribution in [0, 0.1) is 23.4 Å². The van der Waals surface area contributed by atoms with Crippen molar-refractivity contribution in [1.82, 2.24) is 4.90 Å². The lowest BCUT2D eigenvalue weighted by atomic mass is 9.92. The van der Waals surface area contributed by atoms with Gasteiger partial charge >= 0.3 is 0 Å². The molecular formula is C14H16F3NO2. The predicted molar refractivity (Wildman–Crippen MR) is 66.6 cm³/mol. The zero-order valence-corrected chi connectivity index (χ0v) is 11.1. The molecule has 6 heteroatoms. The first kappa shape index (κ1) is 14.8. The summed E-state index contributed by atoms with van der Waals surface area (Å²) in [5.74, 6) is -4.12. The number of carbonyl (C=O) groups is 1. The number of piperidine rings is 1. The molecule has 1 unspecified atom stereocenters. The summed E-state index contributed by atoms with van der Waals surface area (Å²) < 4.78 is 39.9. The van der Waals surface area contributed by atoms with Gasteiger partial charge in [0, 0.05) is 25.2 Å². The summed E-state index contributed by atoms with van der Waals surface area (Å²) in [4.78, 5) is 13.4. The van der Waals surface area contributed by atoms with Gasteiger partial charge in [-0.3, -0.25) is 4.79 Å². The van der Waals surface area contributed by atoms with E-state index in [9.17, 15) is 23.1 Å². The molecule has 1 amide bonds. The molecule has 20 heavy (non-hydrogen) atoms. The van der Waals surface area contributed by atoms with Gasteiger partial charge in [-0.05, 0) is 25.7 Å². The van der Waals surface area contributed by atoms with E-state index in [1.807, 2.05) is 0 Å². The molecule has 0 aliphatic carbocycles. The quantitative estimate of drug-likeness (QED) is 0.907. The first-order valence-electron chi connectivity index (χ1n) is 6.52. The van der Waals surface area contributed by atoms with E-state index in [1.165, 1.54) is 4.90 Å². The lowest BCUT2D eigenvalue weighted by Crippen LogP contribution is -2.41. The maximum absolute atomic E-state index is 13.6. The molecule has 1 saturated heterocycles. The molecule has 110 valence electrons. The Morgan fingerprint density at radius 1 is 1.25 bits per heavy atom. The highest BCUT2D eigenvalue weighted by atomic mass is 19.1. The molecule has 0 radical (unpaired) electrons. The maximum atomic E-state index is 13.6. The SMILES string of the molecule is CC(O)C1CCN(C(=O)c2c(F)cc(F)cc2F)CC1. The van der Waals surface area contributed by atoms with Gasteiger partial charge in [-0.2, -0.15) is 0 Å². The van der Waals surface area contributed by atoms with E-state index < -0.39 is 35.0 Å². The number of aliphatic hydroxyl groups is 1. The number of benzene rings is 1. The van der Waals surface area contributed by atoms with E-state index >= 15 is 0 Å².